The predicted octanol–water partition coefficient (Wildman–Crippen LogP) is 1.64. The molecule has 2 rings (SSSR count). The van der Waals surface area contributed by atoms with Gasteiger partial charge in [0.05, 0.1) is 5.56 Å². The molecule has 5 heteroatoms. The highest BCUT2D eigenvalue weighted by Gasteiger charge is 2.10. The molecule has 2 aromatic rings. The zero-order valence-corrected chi connectivity index (χ0v) is 10.7. The molecule has 1 heterocycles. The van der Waals surface area contributed by atoms with Gasteiger partial charge in [-0.1, -0.05) is 6.07 Å². The van der Waals surface area contributed by atoms with Crippen molar-refractivity contribution >= 4 is 17.3 Å². The lowest BCUT2D eigenvalue weighted by atomic mass is 10.1. The maximum Gasteiger partial charge on any atom is 0.253 e. The number of nitrogens with zero attached hydrogens (tertiary/aromatic N) is 1. The van der Waals surface area contributed by atoms with Gasteiger partial charge in [-0.3, -0.25) is 9.78 Å². The number of hydrogen-bond donors (Lipinski definition) is 3. The predicted molar refractivity (Wildman–Crippen MR) is 75.8 cm³/mol. The standard InChI is InChI=1S/C14H16N4O/c1-16-14(19)12-7-11(15)4-5-13(12)18-9-10-3-2-6-17-8-10/h2-8,18H,9,15H2,1H3,(H,16,19). The fourth-order valence-electron chi connectivity index (χ4n) is 1.74. The summed E-state index contributed by atoms with van der Waals surface area (Å²) in [6.45, 7) is 0.599. The van der Waals surface area contributed by atoms with Crippen LogP contribution in [0.1, 0.15) is 15.9 Å². The van der Waals surface area contributed by atoms with Crippen LogP contribution in [0, 0.1) is 0 Å². The molecule has 19 heavy (non-hydrogen) atoms. The average Bonchev–Trinajstić information content (AvgIpc) is 2.46. The van der Waals surface area contributed by atoms with Crippen molar-refractivity contribution in [3.8, 4) is 0 Å². The van der Waals surface area contributed by atoms with Crippen LogP contribution in [0.15, 0.2) is 42.7 Å². The van der Waals surface area contributed by atoms with E-state index in [9.17, 15) is 4.79 Å². The van der Waals surface area contributed by atoms with Gasteiger partial charge in [0.1, 0.15) is 0 Å². The number of carbonyl (C=O) groups excluding carboxylic acids is 1. The van der Waals surface area contributed by atoms with Crippen LogP contribution in [0.2, 0.25) is 0 Å². The molecule has 5 nitrogen and oxygen atoms in total. The van der Waals surface area contributed by atoms with E-state index >= 15 is 0 Å². The summed E-state index contributed by atoms with van der Waals surface area (Å²) in [5.74, 6) is -0.166. The van der Waals surface area contributed by atoms with Gasteiger partial charge in [-0.15, -0.1) is 0 Å². The van der Waals surface area contributed by atoms with Crippen molar-refractivity contribution in [1.82, 2.24) is 10.3 Å². The zero-order chi connectivity index (χ0) is 13.7. The summed E-state index contributed by atoms with van der Waals surface area (Å²) in [6, 6.07) is 9.06. The molecule has 0 aliphatic carbocycles. The molecular weight excluding hydrogens is 240 g/mol. The fourth-order valence-corrected chi connectivity index (χ4v) is 1.74. The smallest absolute Gasteiger partial charge is 0.253 e. The van der Waals surface area contributed by atoms with Crippen molar-refractivity contribution in [3.05, 3.63) is 53.9 Å². The van der Waals surface area contributed by atoms with Crippen LogP contribution < -0.4 is 16.4 Å². The highest BCUT2D eigenvalue weighted by atomic mass is 16.1. The Balaban J connectivity index is 2.18. The van der Waals surface area contributed by atoms with Crippen molar-refractivity contribution < 1.29 is 4.79 Å². The summed E-state index contributed by atoms with van der Waals surface area (Å²) in [5, 5.41) is 5.82. The van der Waals surface area contributed by atoms with Crippen LogP contribution >= 0.6 is 0 Å². The molecule has 0 spiro atoms. The number of anilines is 2. The first-order valence-electron chi connectivity index (χ1n) is 5.95. The molecule has 0 fully saturated rings. The van der Waals surface area contributed by atoms with Crippen LogP contribution in [0.5, 0.6) is 0 Å². The maximum absolute atomic E-state index is 11.8. The highest BCUT2D eigenvalue weighted by molar-refractivity contribution is 6.00. The Morgan fingerprint density at radius 2 is 2.21 bits per heavy atom. The monoisotopic (exact) mass is 256 g/mol. The summed E-state index contributed by atoms with van der Waals surface area (Å²) >= 11 is 0. The van der Waals surface area contributed by atoms with E-state index in [1.54, 1.807) is 37.6 Å². The summed E-state index contributed by atoms with van der Waals surface area (Å²) in [6.07, 6.45) is 3.51. The van der Waals surface area contributed by atoms with E-state index in [2.05, 4.69) is 15.6 Å². The maximum atomic E-state index is 11.8. The topological polar surface area (TPSA) is 80.0 Å². The first-order chi connectivity index (χ1) is 9.20. The molecule has 1 aromatic carbocycles. The van der Waals surface area contributed by atoms with Crippen LogP contribution in [0.4, 0.5) is 11.4 Å². The Kier molecular flexibility index (Phi) is 3.97. The minimum atomic E-state index is -0.166. The molecule has 0 aliphatic rings. The Bertz CT molecular complexity index is 569. The van der Waals surface area contributed by atoms with Crippen molar-refractivity contribution in [2.24, 2.45) is 0 Å². The lowest BCUT2D eigenvalue weighted by Crippen LogP contribution is -2.20. The van der Waals surface area contributed by atoms with E-state index in [0.717, 1.165) is 11.3 Å². The molecular formula is C14H16N4O. The van der Waals surface area contributed by atoms with Gasteiger partial charge in [0.15, 0.2) is 0 Å². The number of pyridine rings is 1. The van der Waals surface area contributed by atoms with Gasteiger partial charge in [0, 0.05) is 37.4 Å². The number of nitrogen functional groups attached to an aromatic ring is 1. The van der Waals surface area contributed by atoms with Gasteiger partial charge >= 0.3 is 0 Å². The molecule has 0 radical (unpaired) electrons. The number of carbonyl (C=O) groups is 1. The Hall–Kier alpha value is -2.56. The minimum absolute atomic E-state index is 0.166. The van der Waals surface area contributed by atoms with Gasteiger partial charge in [0.2, 0.25) is 0 Å². The van der Waals surface area contributed by atoms with Gasteiger partial charge in [0.25, 0.3) is 5.91 Å². The minimum Gasteiger partial charge on any atom is -0.399 e. The molecule has 0 aliphatic heterocycles. The van der Waals surface area contributed by atoms with E-state index in [1.165, 1.54) is 0 Å². The van der Waals surface area contributed by atoms with Gasteiger partial charge in [-0.2, -0.15) is 0 Å². The SMILES string of the molecule is CNC(=O)c1cc(N)ccc1NCc1cccnc1. The van der Waals surface area contributed by atoms with Crippen LogP contribution in [-0.2, 0) is 6.54 Å². The van der Waals surface area contributed by atoms with Crippen molar-refractivity contribution in [2.45, 2.75) is 6.54 Å². The van der Waals surface area contributed by atoms with E-state index < -0.39 is 0 Å². The van der Waals surface area contributed by atoms with E-state index in [4.69, 9.17) is 5.73 Å². The Morgan fingerprint density at radius 3 is 2.89 bits per heavy atom. The van der Waals surface area contributed by atoms with Crippen LogP contribution in [0.25, 0.3) is 0 Å². The number of nitrogens with two attached hydrogens (primary N) is 1. The normalized spacial score (nSPS) is 9.95. The second kappa shape index (κ2) is 5.86. The van der Waals surface area contributed by atoms with Crippen molar-refractivity contribution in [2.75, 3.05) is 18.1 Å². The lowest BCUT2D eigenvalue weighted by molar-refractivity contribution is 0.0964. The summed E-state index contributed by atoms with van der Waals surface area (Å²) in [4.78, 5) is 15.8. The fraction of sp³-hybridized carbons (Fsp3) is 0.143. The largest absolute Gasteiger partial charge is 0.399 e. The summed E-state index contributed by atoms with van der Waals surface area (Å²) < 4.78 is 0. The first-order valence-corrected chi connectivity index (χ1v) is 5.95. The molecule has 0 bridgehead atoms. The number of amides is 1. The third kappa shape index (κ3) is 3.22. The van der Waals surface area contributed by atoms with Crippen molar-refractivity contribution in [1.29, 1.82) is 0 Å². The van der Waals surface area contributed by atoms with Gasteiger partial charge < -0.3 is 16.4 Å². The van der Waals surface area contributed by atoms with Crippen LogP contribution in [0.3, 0.4) is 0 Å². The molecule has 0 saturated carbocycles. The second-order valence-corrected chi connectivity index (χ2v) is 4.10. The van der Waals surface area contributed by atoms with E-state index in [1.807, 2.05) is 12.1 Å². The Morgan fingerprint density at radius 1 is 1.37 bits per heavy atom. The lowest BCUT2D eigenvalue weighted by Gasteiger charge is -2.11. The number of hydrogen-bond acceptors (Lipinski definition) is 4. The quantitative estimate of drug-likeness (QED) is 0.726. The molecule has 0 atom stereocenters. The van der Waals surface area contributed by atoms with Gasteiger partial charge in [-0.25, -0.2) is 0 Å². The zero-order valence-electron chi connectivity index (χ0n) is 10.7. The number of benzene rings is 1. The number of aromatic nitrogens is 1. The summed E-state index contributed by atoms with van der Waals surface area (Å²) in [5.41, 5.74) is 8.60. The molecule has 1 aromatic heterocycles. The van der Waals surface area contributed by atoms with Crippen molar-refractivity contribution in [3.63, 3.8) is 0 Å². The van der Waals surface area contributed by atoms with Crippen LogP contribution in [-0.4, -0.2) is 17.9 Å². The Labute approximate surface area is 111 Å². The molecule has 98 valence electrons. The average molecular weight is 256 g/mol. The van der Waals surface area contributed by atoms with E-state index in [0.29, 0.717) is 17.8 Å². The molecule has 1 amide bonds. The third-order valence-electron chi connectivity index (χ3n) is 2.72. The third-order valence-corrected chi connectivity index (χ3v) is 2.72. The first kappa shape index (κ1) is 12.9. The number of rotatable bonds is 4. The number of nitrogens with one attached hydrogen (secondary N) is 2. The second-order valence-electron chi connectivity index (χ2n) is 4.10. The molecule has 0 unspecified atom stereocenters. The van der Waals surface area contributed by atoms with E-state index in [-0.39, 0.29) is 5.91 Å². The summed E-state index contributed by atoms with van der Waals surface area (Å²) in [7, 11) is 1.59. The molecule has 4 N–H and O–H groups in total. The highest BCUT2D eigenvalue weighted by Crippen LogP contribution is 2.19. The van der Waals surface area contributed by atoms with Gasteiger partial charge in [-0.05, 0) is 29.8 Å². The molecule has 0 saturated heterocycles.